The molecule has 1 spiro atoms. The van der Waals surface area contributed by atoms with Gasteiger partial charge in [-0.1, -0.05) is 31.2 Å². The zero-order valence-corrected chi connectivity index (χ0v) is 19.6. The Hall–Kier alpha value is -2.00. The monoisotopic (exact) mass is 455 g/mol. The zero-order valence-electron chi connectivity index (χ0n) is 19.6. The van der Waals surface area contributed by atoms with Crippen LogP contribution in [-0.2, 0) is 32.2 Å². The Morgan fingerprint density at radius 3 is 2.73 bits per heavy atom. The van der Waals surface area contributed by atoms with Crippen LogP contribution in [0.5, 0.6) is 5.75 Å². The van der Waals surface area contributed by atoms with E-state index in [4.69, 9.17) is 24.0 Å². The molecule has 5 aliphatic rings. The summed E-state index contributed by atoms with van der Waals surface area (Å²) in [6.07, 6.45) is 7.66. The highest BCUT2D eigenvalue weighted by Gasteiger charge is 2.69. The Balaban J connectivity index is 1.19. The van der Waals surface area contributed by atoms with Gasteiger partial charge < -0.3 is 14.2 Å². The topological polar surface area (TPSA) is 76.9 Å². The molecule has 8 nitrogen and oxygen atoms in total. The van der Waals surface area contributed by atoms with Gasteiger partial charge in [-0.05, 0) is 62.1 Å². The normalized spacial score (nSPS) is 41.9. The highest BCUT2D eigenvalue weighted by atomic mass is 17.3. The molecule has 4 aliphatic heterocycles. The van der Waals surface area contributed by atoms with Crippen molar-refractivity contribution < 1.29 is 24.0 Å². The van der Waals surface area contributed by atoms with Crippen molar-refractivity contribution in [3.63, 3.8) is 0 Å². The number of nitrogens with zero attached hydrogens (tertiary/aromatic N) is 3. The van der Waals surface area contributed by atoms with E-state index in [1.165, 1.54) is 12.0 Å². The molecule has 0 N–H and O–H groups in total. The third-order valence-electron chi connectivity index (χ3n) is 8.37. The lowest BCUT2D eigenvalue weighted by Gasteiger charge is -2.60. The predicted molar refractivity (Wildman–Crippen MR) is 118 cm³/mol. The largest absolute Gasteiger partial charge is 0.465 e. The van der Waals surface area contributed by atoms with Crippen molar-refractivity contribution in [2.24, 2.45) is 23.7 Å². The van der Waals surface area contributed by atoms with Gasteiger partial charge in [-0.3, -0.25) is 4.68 Å². The molecule has 8 atom stereocenters. The van der Waals surface area contributed by atoms with Crippen molar-refractivity contribution in [1.82, 2.24) is 15.0 Å². The van der Waals surface area contributed by atoms with E-state index in [-0.39, 0.29) is 11.8 Å². The molecule has 1 aromatic heterocycles. The molecule has 178 valence electrons. The number of aromatic nitrogens is 3. The quantitative estimate of drug-likeness (QED) is 0.628. The first-order chi connectivity index (χ1) is 16.0. The molecule has 2 bridgehead atoms. The fourth-order valence-electron chi connectivity index (χ4n) is 6.47. The predicted octanol–water partition coefficient (Wildman–Crippen LogP) is 4.11. The first kappa shape index (κ1) is 21.5. The van der Waals surface area contributed by atoms with Crippen molar-refractivity contribution in [3.8, 4) is 5.75 Å². The smallest absolute Gasteiger partial charge is 0.205 e. The molecule has 0 unspecified atom stereocenters. The van der Waals surface area contributed by atoms with Gasteiger partial charge in [-0.2, -0.15) is 0 Å². The highest BCUT2D eigenvalue weighted by Crippen LogP contribution is 2.60. The average molecular weight is 456 g/mol. The summed E-state index contributed by atoms with van der Waals surface area (Å²) < 4.78 is 21.2. The van der Waals surface area contributed by atoms with Crippen LogP contribution in [-0.4, -0.2) is 39.0 Å². The van der Waals surface area contributed by atoms with Gasteiger partial charge in [0.2, 0.25) is 12.1 Å². The summed E-state index contributed by atoms with van der Waals surface area (Å²) in [4.78, 5) is 12.1. The first-order valence-corrected chi connectivity index (χ1v) is 12.3. The number of hydrogen-bond acceptors (Lipinski definition) is 7. The van der Waals surface area contributed by atoms with Crippen LogP contribution in [0.25, 0.3) is 0 Å². The Labute approximate surface area is 194 Å². The molecule has 7 rings (SSSR count). The summed E-state index contributed by atoms with van der Waals surface area (Å²) in [5.74, 6) is 1.35. The number of fused-ring (bicyclic) bond motifs is 2. The SMILES string of the molecule is C[C@H]1[C@@H](Oc2ccc(CCn3ccnn3)cc2)O[C@@H]2O[C@@]3(C)CC[C@H]4[C@H](C)CC[C@@H]1[C@@]24OO3. The summed E-state index contributed by atoms with van der Waals surface area (Å²) >= 11 is 0. The number of aryl methyl sites for hydroxylation is 2. The van der Waals surface area contributed by atoms with Gasteiger partial charge in [0, 0.05) is 31.0 Å². The van der Waals surface area contributed by atoms with E-state index in [9.17, 15) is 0 Å². The molecular formula is C25H33N3O5. The molecule has 8 heteroatoms. The van der Waals surface area contributed by atoms with Gasteiger partial charge >= 0.3 is 0 Å². The van der Waals surface area contributed by atoms with Crippen LogP contribution in [0.2, 0.25) is 0 Å². The minimum Gasteiger partial charge on any atom is -0.465 e. The Bertz CT molecular complexity index is 969. The Kier molecular flexibility index (Phi) is 5.25. The van der Waals surface area contributed by atoms with Gasteiger partial charge in [0.25, 0.3) is 0 Å². The standard InChI is InChI=1S/C25H33N3O5/c1-16-4-9-21-17(2)22(30-23-25(21)20(16)10-12-24(3,31-23)32-33-25)29-19-7-5-18(6-8-19)11-14-28-15-13-26-27-28/h5-8,13,15-17,20-23H,4,9-12,14H2,1-3H3/t16-,17-,20+,21+,22+,23-,24-,25-/m1/s1. The molecule has 33 heavy (non-hydrogen) atoms. The van der Waals surface area contributed by atoms with Crippen LogP contribution in [0, 0.1) is 23.7 Å². The summed E-state index contributed by atoms with van der Waals surface area (Å²) in [5.41, 5.74) is 0.666. The van der Waals surface area contributed by atoms with E-state index in [0.29, 0.717) is 11.8 Å². The zero-order chi connectivity index (χ0) is 22.6. The third kappa shape index (κ3) is 3.58. The second-order valence-corrected chi connectivity index (χ2v) is 10.5. The first-order valence-electron chi connectivity index (χ1n) is 12.3. The van der Waals surface area contributed by atoms with E-state index >= 15 is 0 Å². The van der Waals surface area contributed by atoms with Gasteiger partial charge in [0.1, 0.15) is 5.75 Å². The molecule has 1 aliphatic carbocycles. The van der Waals surface area contributed by atoms with Crippen LogP contribution in [0.15, 0.2) is 36.7 Å². The van der Waals surface area contributed by atoms with Gasteiger partial charge in [-0.25, -0.2) is 9.78 Å². The van der Waals surface area contributed by atoms with Gasteiger partial charge in [-0.15, -0.1) is 5.10 Å². The maximum absolute atomic E-state index is 6.52. The third-order valence-corrected chi connectivity index (χ3v) is 8.37. The van der Waals surface area contributed by atoms with Crippen LogP contribution in [0.1, 0.15) is 52.0 Å². The van der Waals surface area contributed by atoms with Crippen LogP contribution < -0.4 is 4.74 Å². The number of hydrogen-bond donors (Lipinski definition) is 0. The van der Waals surface area contributed by atoms with E-state index in [1.54, 1.807) is 6.20 Å². The van der Waals surface area contributed by atoms with Gasteiger partial charge in [0.15, 0.2) is 11.9 Å². The molecule has 0 amide bonds. The lowest BCUT2D eigenvalue weighted by molar-refractivity contribution is -0.575. The second-order valence-electron chi connectivity index (χ2n) is 10.5. The fraction of sp³-hybridized carbons (Fsp3) is 0.680. The van der Waals surface area contributed by atoms with Crippen LogP contribution >= 0.6 is 0 Å². The summed E-state index contributed by atoms with van der Waals surface area (Å²) in [6, 6.07) is 8.23. The van der Waals surface area contributed by atoms with Crippen molar-refractivity contribution in [1.29, 1.82) is 0 Å². The second kappa shape index (κ2) is 8.05. The molecule has 1 saturated carbocycles. The van der Waals surface area contributed by atoms with Crippen molar-refractivity contribution >= 4 is 0 Å². The van der Waals surface area contributed by atoms with E-state index in [0.717, 1.165) is 38.0 Å². The highest BCUT2D eigenvalue weighted by molar-refractivity contribution is 5.27. The van der Waals surface area contributed by atoms with Crippen molar-refractivity contribution in [2.45, 2.75) is 83.4 Å². The summed E-state index contributed by atoms with van der Waals surface area (Å²) in [5, 5.41) is 7.87. The minimum atomic E-state index is -0.769. The minimum absolute atomic E-state index is 0.151. The molecule has 2 aromatic rings. The summed E-state index contributed by atoms with van der Waals surface area (Å²) in [7, 11) is 0. The molecule has 5 fully saturated rings. The summed E-state index contributed by atoms with van der Waals surface area (Å²) in [6.45, 7) is 7.29. The molecule has 0 radical (unpaired) electrons. The van der Waals surface area contributed by atoms with Crippen LogP contribution in [0.4, 0.5) is 0 Å². The van der Waals surface area contributed by atoms with E-state index < -0.39 is 24.0 Å². The molecule has 4 saturated heterocycles. The lowest BCUT2D eigenvalue weighted by Crippen LogP contribution is -2.70. The molecular weight excluding hydrogens is 422 g/mol. The van der Waals surface area contributed by atoms with Crippen molar-refractivity contribution in [3.05, 3.63) is 42.2 Å². The van der Waals surface area contributed by atoms with Gasteiger partial charge in [0.05, 0.1) is 6.20 Å². The van der Waals surface area contributed by atoms with E-state index in [2.05, 4.69) is 36.3 Å². The number of rotatable bonds is 5. The average Bonchev–Trinajstić information content (AvgIpc) is 3.23. The maximum Gasteiger partial charge on any atom is 0.205 e. The lowest BCUT2D eigenvalue weighted by atomic mass is 9.58. The van der Waals surface area contributed by atoms with Crippen LogP contribution in [0.3, 0.4) is 0 Å². The molecule has 1 aromatic carbocycles. The number of benzene rings is 1. The number of ether oxygens (including phenoxy) is 3. The Morgan fingerprint density at radius 1 is 1.09 bits per heavy atom. The molecule has 5 heterocycles. The maximum atomic E-state index is 6.52. The van der Waals surface area contributed by atoms with Crippen molar-refractivity contribution in [2.75, 3.05) is 0 Å². The Morgan fingerprint density at radius 2 is 1.94 bits per heavy atom. The fourth-order valence-corrected chi connectivity index (χ4v) is 6.47. The van der Waals surface area contributed by atoms with E-state index in [1.807, 2.05) is 29.9 Å².